The van der Waals surface area contributed by atoms with E-state index in [2.05, 4.69) is 26.2 Å². The summed E-state index contributed by atoms with van der Waals surface area (Å²) in [6, 6.07) is 8.78. The highest BCUT2D eigenvalue weighted by Gasteiger charge is 2.05. The van der Waals surface area contributed by atoms with Gasteiger partial charge in [-0.05, 0) is 46.3 Å². The molecule has 0 bridgehead atoms. The summed E-state index contributed by atoms with van der Waals surface area (Å²) in [5.74, 6) is 0.534. The molecule has 0 saturated heterocycles. The standard InChI is InChI=1S/C14H12BrClN2O2/c15-11-7-10(8-17-9-11)14(19)18-5-6-20-13-3-1-12(16)2-4-13/h1-4,7-9H,5-6H2,(H,18,19). The molecular formula is C14H12BrClN2O2. The molecule has 0 aliphatic carbocycles. The first-order valence-corrected chi connectivity index (χ1v) is 7.09. The van der Waals surface area contributed by atoms with E-state index in [-0.39, 0.29) is 5.91 Å². The van der Waals surface area contributed by atoms with Gasteiger partial charge in [0.05, 0.1) is 12.1 Å². The van der Waals surface area contributed by atoms with Crippen LogP contribution in [-0.2, 0) is 0 Å². The summed E-state index contributed by atoms with van der Waals surface area (Å²) in [6.45, 7) is 0.794. The van der Waals surface area contributed by atoms with Gasteiger partial charge in [0, 0.05) is 21.9 Å². The van der Waals surface area contributed by atoms with Crippen molar-refractivity contribution < 1.29 is 9.53 Å². The summed E-state index contributed by atoms with van der Waals surface area (Å²) in [5.41, 5.74) is 0.505. The van der Waals surface area contributed by atoms with Gasteiger partial charge < -0.3 is 10.1 Å². The van der Waals surface area contributed by atoms with Gasteiger partial charge in [0.2, 0.25) is 0 Å². The minimum absolute atomic E-state index is 0.182. The molecule has 1 N–H and O–H groups in total. The topological polar surface area (TPSA) is 51.2 Å². The maximum atomic E-state index is 11.8. The van der Waals surface area contributed by atoms with Crippen molar-refractivity contribution >= 4 is 33.4 Å². The quantitative estimate of drug-likeness (QED) is 0.837. The summed E-state index contributed by atoms with van der Waals surface area (Å²) >= 11 is 9.04. The van der Waals surface area contributed by atoms with Crippen LogP contribution in [-0.4, -0.2) is 24.0 Å². The number of amides is 1. The van der Waals surface area contributed by atoms with Gasteiger partial charge in [0.1, 0.15) is 12.4 Å². The van der Waals surface area contributed by atoms with Crippen LogP contribution in [0.2, 0.25) is 5.02 Å². The van der Waals surface area contributed by atoms with Crippen molar-refractivity contribution in [3.8, 4) is 5.75 Å². The van der Waals surface area contributed by atoms with Gasteiger partial charge in [0.15, 0.2) is 0 Å². The molecule has 4 nitrogen and oxygen atoms in total. The molecule has 1 aromatic carbocycles. The lowest BCUT2D eigenvalue weighted by atomic mass is 10.3. The zero-order chi connectivity index (χ0) is 14.4. The van der Waals surface area contributed by atoms with Crippen LogP contribution in [0.3, 0.4) is 0 Å². The van der Waals surface area contributed by atoms with Gasteiger partial charge in [-0.3, -0.25) is 9.78 Å². The smallest absolute Gasteiger partial charge is 0.253 e. The van der Waals surface area contributed by atoms with E-state index in [1.54, 1.807) is 36.5 Å². The summed E-state index contributed by atoms with van der Waals surface area (Å²) in [4.78, 5) is 15.7. The number of rotatable bonds is 5. The minimum atomic E-state index is -0.182. The Balaban J connectivity index is 1.76. The number of hydrogen-bond donors (Lipinski definition) is 1. The molecule has 1 amide bonds. The number of aromatic nitrogens is 1. The van der Waals surface area contributed by atoms with Gasteiger partial charge in [-0.15, -0.1) is 0 Å². The average Bonchev–Trinajstić information content (AvgIpc) is 2.45. The normalized spacial score (nSPS) is 10.1. The van der Waals surface area contributed by atoms with Crippen LogP contribution in [0.15, 0.2) is 47.2 Å². The average molecular weight is 356 g/mol. The molecule has 0 fully saturated rings. The Hall–Kier alpha value is -1.59. The first-order valence-electron chi connectivity index (χ1n) is 5.92. The third-order valence-corrected chi connectivity index (χ3v) is 3.12. The second-order valence-corrected chi connectivity index (χ2v) is 5.30. The van der Waals surface area contributed by atoms with Crippen LogP contribution < -0.4 is 10.1 Å². The highest BCUT2D eigenvalue weighted by Crippen LogP contribution is 2.15. The fourth-order valence-electron chi connectivity index (χ4n) is 1.50. The second-order valence-electron chi connectivity index (χ2n) is 3.95. The van der Waals surface area contributed by atoms with Gasteiger partial charge >= 0.3 is 0 Å². The van der Waals surface area contributed by atoms with Gasteiger partial charge in [-0.1, -0.05) is 11.6 Å². The molecule has 0 spiro atoms. The van der Waals surface area contributed by atoms with Crippen molar-refractivity contribution in [3.63, 3.8) is 0 Å². The van der Waals surface area contributed by atoms with Gasteiger partial charge in [-0.2, -0.15) is 0 Å². The molecule has 0 radical (unpaired) electrons. The number of carbonyl (C=O) groups excluding carboxylic acids is 1. The summed E-state index contributed by atoms with van der Waals surface area (Å²) in [5, 5.41) is 3.42. The van der Waals surface area contributed by atoms with E-state index < -0.39 is 0 Å². The number of halogens is 2. The van der Waals surface area contributed by atoms with Crippen molar-refractivity contribution in [1.29, 1.82) is 0 Å². The first kappa shape index (κ1) is 14.8. The van der Waals surface area contributed by atoms with Crippen LogP contribution in [0.25, 0.3) is 0 Å². The summed E-state index contributed by atoms with van der Waals surface area (Å²) in [6.07, 6.45) is 3.14. The Kier molecular flexibility index (Phi) is 5.38. The Bertz CT molecular complexity index is 590. The maximum absolute atomic E-state index is 11.8. The number of benzene rings is 1. The number of nitrogens with zero attached hydrogens (tertiary/aromatic N) is 1. The Morgan fingerprint density at radius 3 is 2.75 bits per heavy atom. The van der Waals surface area contributed by atoms with E-state index in [4.69, 9.17) is 16.3 Å². The number of ether oxygens (including phenoxy) is 1. The minimum Gasteiger partial charge on any atom is -0.492 e. The molecule has 0 saturated carbocycles. The highest BCUT2D eigenvalue weighted by atomic mass is 79.9. The second kappa shape index (κ2) is 7.26. The monoisotopic (exact) mass is 354 g/mol. The van der Waals surface area contributed by atoms with E-state index >= 15 is 0 Å². The lowest BCUT2D eigenvalue weighted by molar-refractivity contribution is 0.0946. The van der Waals surface area contributed by atoms with Crippen LogP contribution >= 0.6 is 27.5 Å². The number of nitrogens with one attached hydrogen (secondary N) is 1. The van der Waals surface area contributed by atoms with Crippen LogP contribution in [0.5, 0.6) is 5.75 Å². The Morgan fingerprint density at radius 2 is 2.05 bits per heavy atom. The maximum Gasteiger partial charge on any atom is 0.253 e. The lowest BCUT2D eigenvalue weighted by Crippen LogP contribution is -2.28. The van der Waals surface area contributed by atoms with E-state index in [1.807, 2.05) is 0 Å². The van der Waals surface area contributed by atoms with Crippen molar-refractivity contribution in [2.24, 2.45) is 0 Å². The number of hydrogen-bond acceptors (Lipinski definition) is 3. The molecular weight excluding hydrogens is 344 g/mol. The van der Waals surface area contributed by atoms with Crippen LogP contribution in [0.1, 0.15) is 10.4 Å². The fraction of sp³-hybridized carbons (Fsp3) is 0.143. The number of carbonyl (C=O) groups is 1. The zero-order valence-corrected chi connectivity index (χ0v) is 12.8. The summed E-state index contributed by atoms with van der Waals surface area (Å²) in [7, 11) is 0. The van der Waals surface area contributed by atoms with E-state index in [0.717, 1.165) is 4.47 Å². The van der Waals surface area contributed by atoms with Crippen molar-refractivity contribution in [2.75, 3.05) is 13.2 Å². The molecule has 104 valence electrons. The van der Waals surface area contributed by atoms with Gasteiger partial charge in [-0.25, -0.2) is 0 Å². The van der Waals surface area contributed by atoms with Crippen molar-refractivity contribution in [1.82, 2.24) is 10.3 Å². The predicted molar refractivity (Wildman–Crippen MR) is 81.2 cm³/mol. The zero-order valence-electron chi connectivity index (χ0n) is 10.5. The Morgan fingerprint density at radius 1 is 1.30 bits per heavy atom. The molecule has 1 heterocycles. The molecule has 0 aliphatic heterocycles. The molecule has 0 aliphatic rings. The molecule has 0 unspecified atom stereocenters. The van der Waals surface area contributed by atoms with Crippen LogP contribution in [0.4, 0.5) is 0 Å². The molecule has 20 heavy (non-hydrogen) atoms. The lowest BCUT2D eigenvalue weighted by Gasteiger charge is -2.08. The molecule has 0 atom stereocenters. The number of pyridine rings is 1. The molecule has 1 aromatic heterocycles. The largest absolute Gasteiger partial charge is 0.492 e. The molecule has 2 rings (SSSR count). The molecule has 6 heteroatoms. The van der Waals surface area contributed by atoms with E-state index in [9.17, 15) is 4.79 Å². The third-order valence-electron chi connectivity index (χ3n) is 2.44. The fourth-order valence-corrected chi connectivity index (χ4v) is 1.99. The van der Waals surface area contributed by atoms with Crippen molar-refractivity contribution in [3.05, 3.63) is 57.8 Å². The predicted octanol–water partition coefficient (Wildman–Crippen LogP) is 3.31. The highest BCUT2D eigenvalue weighted by molar-refractivity contribution is 9.10. The van der Waals surface area contributed by atoms with Crippen molar-refractivity contribution in [2.45, 2.75) is 0 Å². The molecule has 2 aromatic rings. The first-order chi connectivity index (χ1) is 9.65. The van der Waals surface area contributed by atoms with Gasteiger partial charge in [0.25, 0.3) is 5.91 Å². The summed E-state index contributed by atoms with van der Waals surface area (Å²) < 4.78 is 6.24. The van der Waals surface area contributed by atoms with Crippen LogP contribution in [0, 0.1) is 0 Å². The SMILES string of the molecule is O=C(NCCOc1ccc(Cl)cc1)c1cncc(Br)c1. The Labute approximate surface area is 130 Å². The van der Waals surface area contributed by atoms with E-state index in [1.165, 1.54) is 6.20 Å². The third kappa shape index (κ3) is 4.51. The van der Waals surface area contributed by atoms with E-state index in [0.29, 0.717) is 29.5 Å².